The van der Waals surface area contributed by atoms with Gasteiger partial charge in [-0.2, -0.15) is 11.8 Å². The van der Waals surface area contributed by atoms with Gasteiger partial charge in [0.15, 0.2) is 0 Å². The highest BCUT2D eigenvalue weighted by molar-refractivity contribution is 8.02. The van der Waals surface area contributed by atoms with Crippen molar-refractivity contribution in [3.05, 3.63) is 0 Å². The Bertz CT molecular complexity index is 96.6. The standard InChI is InChI=1S/C5H9NS2/c6-5(7)4-2-1-3-8-4/h4H,1-3H2,(H2,6,7). The number of rotatable bonds is 1. The molecule has 0 spiro atoms. The van der Waals surface area contributed by atoms with Gasteiger partial charge in [-0.15, -0.1) is 0 Å². The van der Waals surface area contributed by atoms with Crippen LogP contribution in [0.4, 0.5) is 0 Å². The van der Waals surface area contributed by atoms with Crippen molar-refractivity contribution < 1.29 is 0 Å². The van der Waals surface area contributed by atoms with Crippen LogP contribution in [0, 0.1) is 0 Å². The molecule has 1 fully saturated rings. The van der Waals surface area contributed by atoms with E-state index in [1.54, 1.807) is 0 Å². The molecule has 0 aliphatic carbocycles. The van der Waals surface area contributed by atoms with Crippen LogP contribution in [0.5, 0.6) is 0 Å². The fraction of sp³-hybridized carbons (Fsp3) is 0.800. The van der Waals surface area contributed by atoms with Gasteiger partial charge in [0.25, 0.3) is 0 Å². The van der Waals surface area contributed by atoms with Crippen LogP contribution in [0.25, 0.3) is 0 Å². The summed E-state index contributed by atoms with van der Waals surface area (Å²) in [4.78, 5) is 0.688. The van der Waals surface area contributed by atoms with Crippen molar-refractivity contribution in [3.63, 3.8) is 0 Å². The minimum Gasteiger partial charge on any atom is -0.392 e. The van der Waals surface area contributed by atoms with Crippen LogP contribution in [-0.4, -0.2) is 16.0 Å². The molecule has 0 saturated carbocycles. The Morgan fingerprint density at radius 1 is 1.75 bits per heavy atom. The molecule has 1 nitrogen and oxygen atoms in total. The molecule has 1 unspecified atom stereocenters. The molecule has 8 heavy (non-hydrogen) atoms. The van der Waals surface area contributed by atoms with Crippen LogP contribution in [0.2, 0.25) is 0 Å². The first-order valence-electron chi connectivity index (χ1n) is 2.71. The van der Waals surface area contributed by atoms with E-state index < -0.39 is 0 Å². The summed E-state index contributed by atoms with van der Waals surface area (Å²) in [5, 5.41) is 0.491. The van der Waals surface area contributed by atoms with Crippen molar-refractivity contribution in [1.82, 2.24) is 0 Å². The van der Waals surface area contributed by atoms with E-state index in [1.807, 2.05) is 11.8 Å². The van der Waals surface area contributed by atoms with Gasteiger partial charge >= 0.3 is 0 Å². The number of nitrogens with two attached hydrogens (primary N) is 1. The lowest BCUT2D eigenvalue weighted by Crippen LogP contribution is -2.20. The average Bonchev–Trinajstić information content (AvgIpc) is 2.12. The second kappa shape index (κ2) is 2.69. The zero-order valence-electron chi connectivity index (χ0n) is 4.59. The van der Waals surface area contributed by atoms with E-state index in [4.69, 9.17) is 18.0 Å². The summed E-state index contributed by atoms with van der Waals surface area (Å²) in [6.45, 7) is 0. The second-order valence-corrected chi connectivity index (χ2v) is 3.69. The Kier molecular flexibility index (Phi) is 2.14. The van der Waals surface area contributed by atoms with E-state index >= 15 is 0 Å². The van der Waals surface area contributed by atoms with Gasteiger partial charge in [-0.25, -0.2) is 0 Å². The summed E-state index contributed by atoms with van der Waals surface area (Å²) in [5.74, 6) is 1.24. The van der Waals surface area contributed by atoms with E-state index in [1.165, 1.54) is 18.6 Å². The molecule has 1 rings (SSSR count). The number of hydrogen-bond donors (Lipinski definition) is 1. The fourth-order valence-electron chi connectivity index (χ4n) is 0.802. The molecule has 0 amide bonds. The fourth-order valence-corrected chi connectivity index (χ4v) is 2.24. The average molecular weight is 147 g/mol. The van der Waals surface area contributed by atoms with E-state index in [2.05, 4.69) is 0 Å². The molecule has 1 saturated heterocycles. The van der Waals surface area contributed by atoms with Gasteiger partial charge in [-0.1, -0.05) is 12.2 Å². The highest BCUT2D eigenvalue weighted by atomic mass is 32.2. The first-order valence-corrected chi connectivity index (χ1v) is 4.17. The summed E-state index contributed by atoms with van der Waals surface area (Å²) in [5.41, 5.74) is 5.41. The van der Waals surface area contributed by atoms with Crippen LogP contribution in [-0.2, 0) is 0 Å². The molecule has 0 bridgehead atoms. The molecule has 3 heteroatoms. The molecule has 1 heterocycles. The van der Waals surface area contributed by atoms with E-state index in [9.17, 15) is 0 Å². The van der Waals surface area contributed by atoms with Gasteiger partial charge in [0.1, 0.15) is 0 Å². The zero-order valence-corrected chi connectivity index (χ0v) is 6.23. The van der Waals surface area contributed by atoms with Gasteiger partial charge in [-0.05, 0) is 18.6 Å². The van der Waals surface area contributed by atoms with E-state index in [0.717, 1.165) is 0 Å². The first kappa shape index (κ1) is 6.36. The summed E-state index contributed by atoms with van der Waals surface area (Å²) >= 11 is 6.70. The van der Waals surface area contributed by atoms with E-state index in [0.29, 0.717) is 10.2 Å². The van der Waals surface area contributed by atoms with Crippen LogP contribution >= 0.6 is 24.0 Å². The molecular weight excluding hydrogens is 138 g/mol. The van der Waals surface area contributed by atoms with Crippen LogP contribution in [0.15, 0.2) is 0 Å². The minimum atomic E-state index is 0.491. The Hall–Kier alpha value is 0.240. The molecular formula is C5H9NS2. The monoisotopic (exact) mass is 147 g/mol. The third-order valence-electron chi connectivity index (χ3n) is 1.25. The lowest BCUT2D eigenvalue weighted by molar-refractivity contribution is 0.902. The normalized spacial score (nSPS) is 28.2. The Balaban J connectivity index is 2.35. The van der Waals surface area contributed by atoms with Gasteiger partial charge < -0.3 is 5.73 Å². The SMILES string of the molecule is NC(=S)C1CCCS1. The van der Waals surface area contributed by atoms with Gasteiger partial charge in [0.05, 0.1) is 10.2 Å². The minimum absolute atomic E-state index is 0.491. The topological polar surface area (TPSA) is 26.0 Å². The van der Waals surface area contributed by atoms with Crippen molar-refractivity contribution >= 4 is 29.0 Å². The Morgan fingerprint density at radius 3 is 2.75 bits per heavy atom. The maximum absolute atomic E-state index is 5.41. The molecule has 1 aliphatic heterocycles. The van der Waals surface area contributed by atoms with Gasteiger partial charge in [0.2, 0.25) is 0 Å². The highest BCUT2D eigenvalue weighted by Gasteiger charge is 2.16. The lowest BCUT2D eigenvalue weighted by Gasteiger charge is -2.02. The number of hydrogen-bond acceptors (Lipinski definition) is 2. The Morgan fingerprint density at radius 2 is 2.50 bits per heavy atom. The second-order valence-electron chi connectivity index (χ2n) is 1.90. The molecule has 0 aromatic carbocycles. The predicted molar refractivity (Wildman–Crippen MR) is 42.3 cm³/mol. The molecule has 0 aromatic rings. The molecule has 0 radical (unpaired) electrons. The first-order chi connectivity index (χ1) is 3.80. The van der Waals surface area contributed by atoms with Crippen LogP contribution in [0.1, 0.15) is 12.8 Å². The summed E-state index contributed by atoms with van der Waals surface area (Å²) in [7, 11) is 0. The number of thioether (sulfide) groups is 1. The van der Waals surface area contributed by atoms with Gasteiger partial charge in [0, 0.05) is 0 Å². The molecule has 46 valence electrons. The highest BCUT2D eigenvalue weighted by Crippen LogP contribution is 2.25. The quantitative estimate of drug-likeness (QED) is 0.564. The third-order valence-corrected chi connectivity index (χ3v) is 3.10. The summed E-state index contributed by atoms with van der Waals surface area (Å²) in [6, 6.07) is 0. The predicted octanol–water partition coefficient (Wildman–Crippen LogP) is 1.17. The lowest BCUT2D eigenvalue weighted by atomic mass is 10.2. The molecule has 1 aliphatic rings. The van der Waals surface area contributed by atoms with Crippen molar-refractivity contribution in [3.8, 4) is 0 Å². The maximum atomic E-state index is 5.41. The zero-order chi connectivity index (χ0) is 5.98. The van der Waals surface area contributed by atoms with Crippen molar-refractivity contribution in [1.29, 1.82) is 0 Å². The van der Waals surface area contributed by atoms with E-state index in [-0.39, 0.29) is 0 Å². The maximum Gasteiger partial charge on any atom is 0.0859 e. The number of thiocarbonyl (C=S) groups is 1. The largest absolute Gasteiger partial charge is 0.392 e. The summed E-state index contributed by atoms with van der Waals surface area (Å²) < 4.78 is 0. The molecule has 2 N–H and O–H groups in total. The van der Waals surface area contributed by atoms with Crippen LogP contribution < -0.4 is 5.73 Å². The molecule has 1 atom stereocenters. The van der Waals surface area contributed by atoms with Crippen molar-refractivity contribution in [2.75, 3.05) is 5.75 Å². The van der Waals surface area contributed by atoms with Crippen LogP contribution in [0.3, 0.4) is 0 Å². The summed E-state index contributed by atoms with van der Waals surface area (Å²) in [6.07, 6.45) is 2.48. The smallest absolute Gasteiger partial charge is 0.0859 e. The van der Waals surface area contributed by atoms with Crippen molar-refractivity contribution in [2.45, 2.75) is 18.1 Å². The molecule has 0 aromatic heterocycles. The Labute approximate surface area is 59.0 Å². The van der Waals surface area contributed by atoms with Gasteiger partial charge in [-0.3, -0.25) is 0 Å². The third kappa shape index (κ3) is 1.36. The van der Waals surface area contributed by atoms with Crippen molar-refractivity contribution in [2.24, 2.45) is 5.73 Å².